The predicted molar refractivity (Wildman–Crippen MR) is 81.7 cm³/mol. The molecule has 0 aliphatic carbocycles. The second-order valence-electron chi connectivity index (χ2n) is 4.03. The van der Waals surface area contributed by atoms with Gasteiger partial charge in [-0.15, -0.1) is 0 Å². The molecule has 0 bridgehead atoms. The Bertz CT molecular complexity index is 905. The van der Waals surface area contributed by atoms with E-state index in [1.165, 1.54) is 24.3 Å². The van der Waals surface area contributed by atoms with Gasteiger partial charge in [-0.05, 0) is 18.2 Å². The number of rotatable bonds is 3. The van der Waals surface area contributed by atoms with Gasteiger partial charge >= 0.3 is 10.1 Å². The second kappa shape index (κ2) is 5.42. The molecular weight excluding hydrogens is 355 g/mol. The lowest BCUT2D eigenvalue weighted by Gasteiger charge is -2.08. The highest BCUT2D eigenvalue weighted by molar-refractivity contribution is 7.87. The molecule has 0 N–H and O–H groups in total. The van der Waals surface area contributed by atoms with E-state index in [9.17, 15) is 8.42 Å². The maximum Gasteiger partial charge on any atom is 0.341 e. The van der Waals surface area contributed by atoms with E-state index in [1.54, 1.807) is 12.1 Å². The number of fused-ring (bicyclic) bond motifs is 1. The van der Waals surface area contributed by atoms with Crippen LogP contribution in [0.2, 0.25) is 10.0 Å². The van der Waals surface area contributed by atoms with Crippen LogP contribution in [0.15, 0.2) is 41.3 Å². The Morgan fingerprint density at radius 1 is 1.05 bits per heavy atom. The van der Waals surface area contributed by atoms with Crippen molar-refractivity contribution < 1.29 is 12.6 Å². The largest absolute Gasteiger partial charge is 0.379 e. The van der Waals surface area contributed by atoms with Crippen LogP contribution in [-0.2, 0) is 10.1 Å². The molecule has 0 saturated heterocycles. The number of halogens is 2. The molecule has 3 rings (SSSR count). The summed E-state index contributed by atoms with van der Waals surface area (Å²) in [6.45, 7) is 0. The van der Waals surface area contributed by atoms with Crippen LogP contribution in [0, 0.1) is 0 Å². The minimum absolute atomic E-state index is 0.0349. The van der Waals surface area contributed by atoms with Crippen LogP contribution in [0.4, 0.5) is 0 Å². The zero-order valence-electron chi connectivity index (χ0n) is 10.2. The monoisotopic (exact) mass is 360 g/mol. The summed E-state index contributed by atoms with van der Waals surface area (Å²) in [5.41, 5.74) is 0.768. The maximum atomic E-state index is 12.4. The van der Waals surface area contributed by atoms with Crippen molar-refractivity contribution in [3.05, 3.63) is 46.4 Å². The Labute approximate surface area is 134 Å². The summed E-state index contributed by atoms with van der Waals surface area (Å²) in [5.74, 6) is 0.0349. The molecule has 0 saturated carbocycles. The summed E-state index contributed by atoms with van der Waals surface area (Å²) in [5, 5.41) is 0.558. The maximum absolute atomic E-state index is 12.4. The average Bonchev–Trinajstić information content (AvgIpc) is 2.84. The van der Waals surface area contributed by atoms with E-state index in [-0.39, 0.29) is 26.2 Å². The summed E-state index contributed by atoms with van der Waals surface area (Å²) < 4.78 is 37.8. The highest BCUT2D eigenvalue weighted by Crippen LogP contribution is 2.28. The molecule has 0 spiro atoms. The smallest absolute Gasteiger partial charge is 0.341 e. The van der Waals surface area contributed by atoms with E-state index >= 15 is 0 Å². The molecule has 0 radical (unpaired) electrons. The molecule has 1 aromatic heterocycles. The summed E-state index contributed by atoms with van der Waals surface area (Å²) in [4.78, 5) is -0.0511. The molecule has 0 aliphatic rings. The molecule has 0 aliphatic heterocycles. The molecule has 0 unspecified atom stereocenters. The highest BCUT2D eigenvalue weighted by atomic mass is 35.5. The van der Waals surface area contributed by atoms with Crippen molar-refractivity contribution in [3.63, 3.8) is 0 Å². The SMILES string of the molecule is O=S(=O)(Oc1cc(Cl)cc(Cl)c1)c1cccc2nsnc12. The van der Waals surface area contributed by atoms with Gasteiger partial charge in [-0.25, -0.2) is 0 Å². The third kappa shape index (κ3) is 2.96. The Hall–Kier alpha value is -1.41. The molecule has 9 heteroatoms. The van der Waals surface area contributed by atoms with Crippen molar-refractivity contribution >= 4 is 56.1 Å². The standard InChI is InChI=1S/C12H6Cl2N2O3S2/c13-7-4-8(14)6-9(5-7)19-21(17,18)11-3-1-2-10-12(11)16-20-15-10/h1-6H. The summed E-state index contributed by atoms with van der Waals surface area (Å²) in [6, 6.07) is 8.87. The normalized spacial score (nSPS) is 11.7. The molecule has 0 amide bonds. The Morgan fingerprint density at radius 2 is 1.76 bits per heavy atom. The van der Waals surface area contributed by atoms with Gasteiger partial charge in [-0.3, -0.25) is 0 Å². The van der Waals surface area contributed by atoms with E-state index in [0.717, 1.165) is 11.7 Å². The minimum atomic E-state index is -4.06. The van der Waals surface area contributed by atoms with Crippen molar-refractivity contribution in [2.45, 2.75) is 4.90 Å². The van der Waals surface area contributed by atoms with E-state index in [4.69, 9.17) is 27.4 Å². The van der Waals surface area contributed by atoms with Gasteiger partial charge in [0.1, 0.15) is 21.7 Å². The zero-order valence-corrected chi connectivity index (χ0v) is 13.3. The summed E-state index contributed by atoms with van der Waals surface area (Å²) >= 11 is 12.6. The first-order valence-corrected chi connectivity index (χ1v) is 8.47. The fourth-order valence-corrected chi connectivity index (χ4v) is 3.92. The molecule has 1 heterocycles. The number of aromatic nitrogens is 2. The van der Waals surface area contributed by atoms with E-state index in [1.807, 2.05) is 0 Å². The van der Waals surface area contributed by atoms with Gasteiger partial charge in [-0.1, -0.05) is 29.3 Å². The van der Waals surface area contributed by atoms with Gasteiger partial charge in [0, 0.05) is 22.2 Å². The quantitative estimate of drug-likeness (QED) is 0.665. The Kier molecular flexibility index (Phi) is 3.75. The fraction of sp³-hybridized carbons (Fsp3) is 0. The highest BCUT2D eigenvalue weighted by Gasteiger charge is 2.22. The lowest BCUT2D eigenvalue weighted by atomic mass is 10.3. The first-order chi connectivity index (χ1) is 9.95. The topological polar surface area (TPSA) is 69.2 Å². The fourth-order valence-electron chi connectivity index (χ4n) is 1.73. The first kappa shape index (κ1) is 14.5. The van der Waals surface area contributed by atoms with E-state index in [0.29, 0.717) is 5.52 Å². The van der Waals surface area contributed by atoms with E-state index in [2.05, 4.69) is 8.75 Å². The van der Waals surface area contributed by atoms with Crippen molar-refractivity contribution in [1.29, 1.82) is 0 Å². The number of hydrogen-bond donors (Lipinski definition) is 0. The van der Waals surface area contributed by atoms with Gasteiger partial charge in [-0.2, -0.15) is 17.2 Å². The van der Waals surface area contributed by atoms with Crippen LogP contribution in [-0.4, -0.2) is 17.2 Å². The lowest BCUT2D eigenvalue weighted by Crippen LogP contribution is -2.10. The van der Waals surface area contributed by atoms with Crippen LogP contribution in [0.5, 0.6) is 5.75 Å². The number of hydrogen-bond acceptors (Lipinski definition) is 6. The third-order valence-corrected chi connectivity index (χ3v) is 4.82. The average molecular weight is 361 g/mol. The van der Waals surface area contributed by atoms with Crippen LogP contribution < -0.4 is 4.18 Å². The molecule has 21 heavy (non-hydrogen) atoms. The molecule has 3 aromatic rings. The van der Waals surface area contributed by atoms with Crippen molar-refractivity contribution in [2.24, 2.45) is 0 Å². The van der Waals surface area contributed by atoms with Crippen molar-refractivity contribution in [1.82, 2.24) is 8.75 Å². The van der Waals surface area contributed by atoms with Gasteiger partial charge in [0.2, 0.25) is 0 Å². The number of benzene rings is 2. The molecule has 0 atom stereocenters. The van der Waals surface area contributed by atoms with Crippen LogP contribution in [0.25, 0.3) is 11.0 Å². The molecule has 0 fully saturated rings. The number of nitrogens with zero attached hydrogens (tertiary/aromatic N) is 2. The van der Waals surface area contributed by atoms with Gasteiger partial charge < -0.3 is 4.18 Å². The molecule has 2 aromatic carbocycles. The van der Waals surface area contributed by atoms with Crippen molar-refractivity contribution in [3.8, 4) is 5.75 Å². The van der Waals surface area contributed by atoms with Gasteiger partial charge in [0.05, 0.1) is 11.7 Å². The third-order valence-electron chi connectivity index (χ3n) is 2.56. The van der Waals surface area contributed by atoms with Crippen LogP contribution in [0.1, 0.15) is 0 Å². The summed E-state index contributed by atoms with van der Waals surface area (Å²) in [6.07, 6.45) is 0. The Morgan fingerprint density at radius 3 is 2.48 bits per heavy atom. The van der Waals surface area contributed by atoms with Crippen molar-refractivity contribution in [2.75, 3.05) is 0 Å². The molecular formula is C12H6Cl2N2O3S2. The minimum Gasteiger partial charge on any atom is -0.379 e. The van der Waals surface area contributed by atoms with Gasteiger partial charge in [0.25, 0.3) is 0 Å². The molecule has 108 valence electrons. The van der Waals surface area contributed by atoms with Gasteiger partial charge in [0.15, 0.2) is 0 Å². The van der Waals surface area contributed by atoms with Crippen LogP contribution in [0.3, 0.4) is 0 Å². The van der Waals surface area contributed by atoms with E-state index < -0.39 is 10.1 Å². The predicted octanol–water partition coefficient (Wildman–Crippen LogP) is 3.77. The first-order valence-electron chi connectivity index (χ1n) is 5.57. The zero-order chi connectivity index (χ0) is 15.0. The summed E-state index contributed by atoms with van der Waals surface area (Å²) in [7, 11) is -4.06. The Balaban J connectivity index is 2.06. The van der Waals surface area contributed by atoms with Crippen LogP contribution >= 0.6 is 34.9 Å². The second-order valence-corrected chi connectivity index (χ2v) is 6.95. The molecule has 5 nitrogen and oxygen atoms in total. The lowest BCUT2D eigenvalue weighted by molar-refractivity contribution is 0.487.